The van der Waals surface area contributed by atoms with Crippen LogP contribution in [0.2, 0.25) is 0 Å². The average Bonchev–Trinajstić information content (AvgIpc) is 2.18. The summed E-state index contributed by atoms with van der Waals surface area (Å²) in [5.41, 5.74) is 7.64. The van der Waals surface area contributed by atoms with Crippen LogP contribution in [0.4, 0.5) is 5.69 Å². The highest BCUT2D eigenvalue weighted by molar-refractivity contribution is 5.94. The summed E-state index contributed by atoms with van der Waals surface area (Å²) in [4.78, 5) is 0. The maximum atomic E-state index is 7.36. The second-order valence-electron chi connectivity index (χ2n) is 2.86. The molecule has 0 atom stereocenters. The summed E-state index contributed by atoms with van der Waals surface area (Å²) in [5.74, 6) is 0. The smallest absolute Gasteiger partial charge is 0.0393 e. The van der Waals surface area contributed by atoms with Crippen molar-refractivity contribution in [2.45, 2.75) is 6.90 Å². The molecule has 0 aliphatic carbocycles. The van der Waals surface area contributed by atoms with Crippen LogP contribution >= 0.6 is 0 Å². The Morgan fingerprint density at radius 1 is 1.08 bits per heavy atom. The van der Waals surface area contributed by atoms with Crippen LogP contribution in [0, 0.1) is 6.90 Å². The van der Waals surface area contributed by atoms with Crippen LogP contribution in [0.1, 0.15) is 6.93 Å². The summed E-state index contributed by atoms with van der Waals surface area (Å²) < 4.78 is 7.36. The number of nitrogens with two attached hydrogens (primary N) is 1. The molecular weight excluding hydrogens is 146 g/mol. The number of aryl methyl sites for hydroxylation is 1. The Morgan fingerprint density at radius 3 is 2.67 bits per heavy atom. The lowest BCUT2D eigenvalue weighted by molar-refractivity contribution is 1.53. The zero-order valence-corrected chi connectivity index (χ0v) is 6.75. The molecule has 0 aliphatic rings. The second-order valence-corrected chi connectivity index (χ2v) is 2.86. The van der Waals surface area contributed by atoms with Crippen LogP contribution in [0.3, 0.4) is 0 Å². The van der Waals surface area contributed by atoms with E-state index in [1.54, 1.807) is 0 Å². The fraction of sp³-hybridized carbons (Fsp3) is 0.0909. The number of nitrogen functional groups attached to an aromatic ring is 1. The van der Waals surface area contributed by atoms with Crippen molar-refractivity contribution in [3.8, 4) is 0 Å². The number of rotatable bonds is 0. The molecule has 2 N–H and O–H groups in total. The van der Waals surface area contributed by atoms with Gasteiger partial charge in [0.05, 0.1) is 0 Å². The predicted molar refractivity (Wildman–Crippen MR) is 53.1 cm³/mol. The summed E-state index contributed by atoms with van der Waals surface area (Å²) in [7, 11) is 0. The minimum Gasteiger partial charge on any atom is -0.398 e. The molecule has 0 radical (unpaired) electrons. The molecule has 2 rings (SSSR count). The van der Waals surface area contributed by atoms with Crippen molar-refractivity contribution < 1.29 is 1.37 Å². The van der Waals surface area contributed by atoms with Gasteiger partial charge in [-0.2, -0.15) is 0 Å². The van der Waals surface area contributed by atoms with Gasteiger partial charge in [-0.25, -0.2) is 0 Å². The fourth-order valence-corrected chi connectivity index (χ4v) is 1.40. The highest BCUT2D eigenvalue weighted by Gasteiger charge is 1.97. The first-order chi connectivity index (χ1) is 6.33. The molecule has 0 aliphatic heterocycles. The molecule has 0 aromatic heterocycles. The van der Waals surface area contributed by atoms with Gasteiger partial charge in [0.2, 0.25) is 0 Å². The molecule has 60 valence electrons. The van der Waals surface area contributed by atoms with E-state index in [2.05, 4.69) is 0 Å². The lowest BCUT2D eigenvalue weighted by atomic mass is 10.0. The Morgan fingerprint density at radius 2 is 1.83 bits per heavy atom. The summed E-state index contributed by atoms with van der Waals surface area (Å²) in [6.45, 7) is 0.306. The Labute approximate surface area is 73.2 Å². The van der Waals surface area contributed by atoms with E-state index >= 15 is 0 Å². The van der Waals surface area contributed by atoms with Crippen LogP contribution in [-0.2, 0) is 0 Å². The van der Waals surface area contributed by atoms with Crippen molar-refractivity contribution in [2.24, 2.45) is 0 Å². The third-order valence-corrected chi connectivity index (χ3v) is 2.05. The van der Waals surface area contributed by atoms with E-state index in [0.717, 1.165) is 22.0 Å². The number of hydrogen-bond acceptors (Lipinski definition) is 1. The van der Waals surface area contributed by atoms with Gasteiger partial charge >= 0.3 is 0 Å². The molecule has 0 bridgehead atoms. The predicted octanol–water partition coefficient (Wildman–Crippen LogP) is 2.73. The lowest BCUT2D eigenvalue weighted by Crippen LogP contribution is -1.86. The first-order valence-corrected chi connectivity index (χ1v) is 3.88. The number of benzene rings is 2. The summed E-state index contributed by atoms with van der Waals surface area (Å²) in [6, 6.07) is 11.7. The van der Waals surface area contributed by atoms with E-state index in [9.17, 15) is 0 Å². The molecule has 1 heteroatoms. The Bertz CT molecular complexity index is 437. The van der Waals surface area contributed by atoms with Crippen molar-refractivity contribution in [1.29, 1.82) is 0 Å². The van der Waals surface area contributed by atoms with Gasteiger partial charge in [0.25, 0.3) is 0 Å². The quantitative estimate of drug-likeness (QED) is 0.586. The number of anilines is 1. The maximum absolute atomic E-state index is 7.36. The normalized spacial score (nSPS) is 11.5. The fourth-order valence-electron chi connectivity index (χ4n) is 1.40. The minimum absolute atomic E-state index is 0.306. The number of fused-ring (bicyclic) bond motifs is 1. The van der Waals surface area contributed by atoms with Gasteiger partial charge in [-0.3, -0.25) is 0 Å². The molecule has 0 spiro atoms. The standard InChI is InChI=1S/C11H11N/c1-8-4-2-6-10-9(8)5-3-7-11(10)12/h2-7H,12H2,1H3/i1D. The van der Waals surface area contributed by atoms with Gasteiger partial charge in [0, 0.05) is 12.4 Å². The van der Waals surface area contributed by atoms with Gasteiger partial charge < -0.3 is 5.73 Å². The largest absolute Gasteiger partial charge is 0.398 e. The maximum Gasteiger partial charge on any atom is 0.0393 e. The molecule has 0 amide bonds. The second kappa shape index (κ2) is 2.52. The van der Waals surface area contributed by atoms with Gasteiger partial charge in [0.1, 0.15) is 0 Å². The molecule has 1 nitrogen and oxygen atoms in total. The van der Waals surface area contributed by atoms with E-state index in [0.29, 0.717) is 6.90 Å². The van der Waals surface area contributed by atoms with Crippen LogP contribution in [0.15, 0.2) is 36.4 Å². The van der Waals surface area contributed by atoms with E-state index < -0.39 is 0 Å². The van der Waals surface area contributed by atoms with Crippen LogP contribution in [0.25, 0.3) is 10.8 Å². The molecule has 2 aromatic rings. The van der Waals surface area contributed by atoms with E-state index in [1.165, 1.54) is 0 Å². The molecule has 0 unspecified atom stereocenters. The molecule has 0 heterocycles. The average molecular weight is 158 g/mol. The lowest BCUT2D eigenvalue weighted by Gasteiger charge is -2.03. The third-order valence-electron chi connectivity index (χ3n) is 2.05. The molecule has 2 aromatic carbocycles. The van der Waals surface area contributed by atoms with Crippen molar-refractivity contribution in [1.82, 2.24) is 0 Å². The van der Waals surface area contributed by atoms with Crippen molar-refractivity contribution in [3.63, 3.8) is 0 Å². The van der Waals surface area contributed by atoms with Gasteiger partial charge in [-0.1, -0.05) is 30.3 Å². The van der Waals surface area contributed by atoms with Gasteiger partial charge in [-0.15, -0.1) is 0 Å². The van der Waals surface area contributed by atoms with Crippen molar-refractivity contribution in [2.75, 3.05) is 5.73 Å². The van der Waals surface area contributed by atoms with Crippen molar-refractivity contribution in [3.05, 3.63) is 42.0 Å². The van der Waals surface area contributed by atoms with Crippen molar-refractivity contribution >= 4 is 16.5 Å². The first kappa shape index (κ1) is 6.06. The zero-order chi connectivity index (χ0) is 9.26. The Hall–Kier alpha value is -1.50. The van der Waals surface area contributed by atoms with E-state index in [1.807, 2.05) is 36.4 Å². The van der Waals surface area contributed by atoms with Crippen LogP contribution in [-0.4, -0.2) is 0 Å². The molecular formula is C11H11N. The van der Waals surface area contributed by atoms with Crippen LogP contribution < -0.4 is 5.73 Å². The summed E-state index contributed by atoms with van der Waals surface area (Å²) >= 11 is 0. The molecule has 0 saturated heterocycles. The Balaban J connectivity index is 2.84. The van der Waals surface area contributed by atoms with E-state index in [4.69, 9.17) is 7.10 Å². The monoisotopic (exact) mass is 158 g/mol. The first-order valence-electron chi connectivity index (χ1n) is 4.59. The highest BCUT2D eigenvalue weighted by atomic mass is 14.5. The van der Waals surface area contributed by atoms with Gasteiger partial charge in [-0.05, 0) is 23.9 Å². The Kier molecular flexibility index (Phi) is 1.27. The molecule has 12 heavy (non-hydrogen) atoms. The number of hydrogen-bond donors (Lipinski definition) is 1. The zero-order valence-electron chi connectivity index (χ0n) is 7.75. The summed E-state index contributed by atoms with van der Waals surface area (Å²) in [5, 5.41) is 2.14. The molecule has 0 fully saturated rings. The van der Waals surface area contributed by atoms with Gasteiger partial charge in [0.15, 0.2) is 0 Å². The topological polar surface area (TPSA) is 26.0 Å². The minimum atomic E-state index is 0.306. The van der Waals surface area contributed by atoms with E-state index in [-0.39, 0.29) is 0 Å². The summed E-state index contributed by atoms with van der Waals surface area (Å²) in [6.07, 6.45) is 0. The third kappa shape index (κ3) is 0.944. The SMILES string of the molecule is [2H]Cc1cccc2c(N)cccc12. The highest BCUT2D eigenvalue weighted by Crippen LogP contribution is 2.22. The van der Waals surface area contributed by atoms with Crippen LogP contribution in [0.5, 0.6) is 0 Å². The molecule has 0 saturated carbocycles.